The predicted octanol–water partition coefficient (Wildman–Crippen LogP) is 6.35. The van der Waals surface area contributed by atoms with Crippen LogP contribution in [0.25, 0.3) is 17.0 Å². The van der Waals surface area contributed by atoms with E-state index in [1.165, 1.54) is 4.90 Å². The molecular formula is C27H26BrN3O3S. The summed E-state index contributed by atoms with van der Waals surface area (Å²) in [5.74, 6) is -0.235. The van der Waals surface area contributed by atoms with Gasteiger partial charge in [-0.3, -0.25) is 14.4 Å². The molecule has 2 saturated heterocycles. The second-order valence-corrected chi connectivity index (χ2v) is 11.1. The van der Waals surface area contributed by atoms with Gasteiger partial charge in [-0.25, -0.2) is 4.90 Å². The number of thioether (sulfide) groups is 1. The number of amides is 3. The maximum atomic E-state index is 13.2. The van der Waals surface area contributed by atoms with Gasteiger partial charge < -0.3 is 9.47 Å². The Balaban J connectivity index is 1.48. The number of rotatable bonds is 4. The van der Waals surface area contributed by atoms with Crippen LogP contribution in [0.4, 0.5) is 10.5 Å². The zero-order valence-corrected chi connectivity index (χ0v) is 22.1. The van der Waals surface area contributed by atoms with Crippen molar-refractivity contribution in [1.82, 2.24) is 9.47 Å². The molecule has 180 valence electrons. The number of benzene rings is 2. The maximum Gasteiger partial charge on any atom is 0.298 e. The Morgan fingerprint density at radius 3 is 2.66 bits per heavy atom. The van der Waals surface area contributed by atoms with E-state index >= 15 is 0 Å². The minimum Gasteiger partial charge on any atom is -0.338 e. The number of imide groups is 1. The van der Waals surface area contributed by atoms with Crippen molar-refractivity contribution >= 4 is 67.4 Å². The van der Waals surface area contributed by atoms with Crippen LogP contribution in [0.3, 0.4) is 0 Å². The molecule has 0 radical (unpaired) electrons. The molecule has 1 aromatic heterocycles. The number of piperidine rings is 1. The van der Waals surface area contributed by atoms with Crippen molar-refractivity contribution in [2.45, 2.75) is 45.7 Å². The van der Waals surface area contributed by atoms with Crippen molar-refractivity contribution in [1.29, 1.82) is 0 Å². The molecule has 3 heterocycles. The number of carbonyl (C=O) groups is 3. The monoisotopic (exact) mass is 551 g/mol. The third kappa shape index (κ3) is 4.69. The van der Waals surface area contributed by atoms with Crippen molar-refractivity contribution in [3.05, 3.63) is 69.2 Å². The number of aryl methyl sites for hydroxylation is 1. The van der Waals surface area contributed by atoms with Gasteiger partial charge in [-0.2, -0.15) is 0 Å². The number of nitrogens with zero attached hydrogens (tertiary/aromatic N) is 3. The third-order valence-electron chi connectivity index (χ3n) is 6.68. The van der Waals surface area contributed by atoms with E-state index in [4.69, 9.17) is 0 Å². The van der Waals surface area contributed by atoms with Gasteiger partial charge in [0.15, 0.2) is 0 Å². The smallest absolute Gasteiger partial charge is 0.298 e. The lowest BCUT2D eigenvalue weighted by atomic mass is 10.0. The molecule has 0 spiro atoms. The van der Waals surface area contributed by atoms with E-state index in [1.54, 1.807) is 18.2 Å². The van der Waals surface area contributed by atoms with E-state index in [2.05, 4.69) is 22.9 Å². The lowest BCUT2D eigenvalue weighted by Crippen LogP contribution is -2.43. The van der Waals surface area contributed by atoms with Gasteiger partial charge >= 0.3 is 0 Å². The van der Waals surface area contributed by atoms with Crippen molar-refractivity contribution in [2.75, 3.05) is 11.4 Å². The second-order valence-electron chi connectivity index (χ2n) is 9.16. The quantitative estimate of drug-likeness (QED) is 0.354. The van der Waals surface area contributed by atoms with Crippen LogP contribution in [0.2, 0.25) is 0 Å². The number of halogens is 1. The summed E-state index contributed by atoms with van der Waals surface area (Å²) < 4.78 is 2.85. The highest BCUT2D eigenvalue weighted by Gasteiger charge is 2.36. The summed E-state index contributed by atoms with van der Waals surface area (Å²) >= 11 is 4.47. The van der Waals surface area contributed by atoms with Gasteiger partial charge in [0, 0.05) is 39.7 Å². The van der Waals surface area contributed by atoms with Crippen LogP contribution in [0, 0.1) is 6.92 Å². The van der Waals surface area contributed by atoms with Crippen molar-refractivity contribution in [2.24, 2.45) is 0 Å². The predicted molar refractivity (Wildman–Crippen MR) is 144 cm³/mol. The Bertz CT molecular complexity index is 1360. The van der Waals surface area contributed by atoms with Crippen LogP contribution in [0.1, 0.15) is 37.3 Å². The average Bonchev–Trinajstić information content (AvgIpc) is 3.30. The number of aromatic nitrogens is 1. The summed E-state index contributed by atoms with van der Waals surface area (Å²) in [4.78, 5) is 42.6. The molecule has 8 heteroatoms. The van der Waals surface area contributed by atoms with Crippen LogP contribution in [-0.2, 0) is 16.1 Å². The van der Waals surface area contributed by atoms with Crippen LogP contribution >= 0.6 is 27.7 Å². The zero-order valence-electron chi connectivity index (χ0n) is 19.7. The van der Waals surface area contributed by atoms with Crippen LogP contribution in [0.5, 0.6) is 0 Å². The Morgan fingerprint density at radius 1 is 1.14 bits per heavy atom. The topological polar surface area (TPSA) is 62.6 Å². The first-order valence-corrected chi connectivity index (χ1v) is 13.4. The molecule has 2 aromatic carbocycles. The lowest BCUT2D eigenvalue weighted by Gasteiger charge is -2.33. The first-order chi connectivity index (χ1) is 16.8. The summed E-state index contributed by atoms with van der Waals surface area (Å²) in [5, 5.41) is 0.602. The Labute approximate surface area is 217 Å². The zero-order chi connectivity index (χ0) is 24.7. The van der Waals surface area contributed by atoms with Crippen LogP contribution < -0.4 is 4.90 Å². The molecule has 2 fully saturated rings. The van der Waals surface area contributed by atoms with E-state index in [0.29, 0.717) is 10.6 Å². The van der Waals surface area contributed by atoms with E-state index in [9.17, 15) is 14.4 Å². The highest BCUT2D eigenvalue weighted by Crippen LogP contribution is 2.37. The van der Waals surface area contributed by atoms with E-state index in [1.807, 2.05) is 52.9 Å². The summed E-state index contributed by atoms with van der Waals surface area (Å²) in [7, 11) is 0. The number of hydrogen-bond donors (Lipinski definition) is 0. The highest BCUT2D eigenvalue weighted by atomic mass is 79.9. The van der Waals surface area contributed by atoms with Gasteiger partial charge in [-0.15, -0.1) is 0 Å². The summed E-state index contributed by atoms with van der Waals surface area (Å²) in [6, 6.07) is 13.5. The minimum atomic E-state index is -0.335. The number of likely N-dealkylation sites (tertiary alicyclic amines) is 1. The first kappa shape index (κ1) is 23.9. The molecule has 3 aromatic rings. The van der Waals surface area contributed by atoms with Gasteiger partial charge in [0.25, 0.3) is 11.1 Å². The Kier molecular flexibility index (Phi) is 6.59. The number of fused-ring (bicyclic) bond motifs is 1. The SMILES string of the molecule is Cc1ccc(N2C(=O)S/C(=C\c3cn(CC(=O)N4CCCC[C@H]4C)c4ccc(Br)cc34)C2=O)cc1. The number of anilines is 1. The first-order valence-electron chi connectivity index (χ1n) is 11.7. The maximum absolute atomic E-state index is 13.2. The molecule has 1 atom stereocenters. The molecule has 35 heavy (non-hydrogen) atoms. The molecule has 5 rings (SSSR count). The van der Waals surface area contributed by atoms with E-state index < -0.39 is 0 Å². The molecule has 3 amide bonds. The Morgan fingerprint density at radius 2 is 1.91 bits per heavy atom. The molecular weight excluding hydrogens is 526 g/mol. The minimum absolute atomic E-state index is 0.100. The van der Waals surface area contributed by atoms with Gasteiger partial charge in [0.05, 0.1) is 10.6 Å². The highest BCUT2D eigenvalue weighted by molar-refractivity contribution is 9.10. The molecule has 0 bridgehead atoms. The molecule has 0 saturated carbocycles. The van der Waals surface area contributed by atoms with Crippen molar-refractivity contribution in [3.8, 4) is 0 Å². The number of carbonyl (C=O) groups excluding carboxylic acids is 3. The molecule has 0 unspecified atom stereocenters. The molecule has 0 N–H and O–H groups in total. The van der Waals surface area contributed by atoms with Gasteiger partial charge in [0.2, 0.25) is 5.91 Å². The fraction of sp³-hybridized carbons (Fsp3) is 0.296. The largest absolute Gasteiger partial charge is 0.338 e. The Hall–Kier alpha value is -2.84. The fourth-order valence-electron chi connectivity index (χ4n) is 4.77. The van der Waals surface area contributed by atoms with Gasteiger partial charge in [-0.05, 0) is 81.3 Å². The standard InChI is InChI=1S/C27H26BrN3O3S/c1-17-6-9-21(10-7-17)31-26(33)24(35-27(31)34)13-19-15-29(23-11-8-20(28)14-22(19)23)16-25(32)30-12-4-3-5-18(30)2/h6-11,13-15,18H,3-5,12,16H2,1-2H3/b24-13-/t18-/m1/s1. The second kappa shape index (κ2) is 9.66. The van der Waals surface area contributed by atoms with Gasteiger partial charge in [-0.1, -0.05) is 33.6 Å². The summed E-state index contributed by atoms with van der Waals surface area (Å²) in [6.07, 6.45) is 6.90. The summed E-state index contributed by atoms with van der Waals surface area (Å²) in [5.41, 5.74) is 3.33. The third-order valence-corrected chi connectivity index (χ3v) is 8.04. The van der Waals surface area contributed by atoms with Crippen LogP contribution in [-0.4, -0.2) is 39.1 Å². The number of hydrogen-bond acceptors (Lipinski definition) is 4. The molecule has 2 aliphatic heterocycles. The molecule has 2 aliphatic rings. The van der Waals surface area contributed by atoms with E-state index in [0.717, 1.165) is 64.1 Å². The summed E-state index contributed by atoms with van der Waals surface area (Å²) in [6.45, 7) is 5.10. The molecule has 6 nitrogen and oxygen atoms in total. The normalized spacial score (nSPS) is 19.9. The van der Waals surface area contributed by atoms with E-state index in [-0.39, 0.29) is 29.6 Å². The van der Waals surface area contributed by atoms with Crippen LogP contribution in [0.15, 0.2) is 58.0 Å². The van der Waals surface area contributed by atoms with Gasteiger partial charge in [0.1, 0.15) is 6.54 Å². The fourth-order valence-corrected chi connectivity index (χ4v) is 5.97. The van der Waals surface area contributed by atoms with Crippen molar-refractivity contribution in [3.63, 3.8) is 0 Å². The lowest BCUT2D eigenvalue weighted by molar-refractivity contribution is -0.135. The van der Waals surface area contributed by atoms with Crippen molar-refractivity contribution < 1.29 is 14.4 Å². The average molecular weight is 552 g/mol. The molecule has 0 aliphatic carbocycles.